The number of ether oxygens (including phenoxy) is 2. The quantitative estimate of drug-likeness (QED) is 0.656. The number of carbonyl (C=O) groups excluding carboxylic acids is 2. The lowest BCUT2D eigenvalue weighted by Crippen LogP contribution is -2.35. The van der Waals surface area contributed by atoms with Crippen LogP contribution >= 0.6 is 0 Å². The number of allylic oxidation sites excluding steroid dienone is 3. The monoisotopic (exact) mass is 443 g/mol. The van der Waals surface area contributed by atoms with E-state index in [1.54, 1.807) is 0 Å². The molecule has 1 N–H and O–H groups in total. The van der Waals surface area contributed by atoms with Crippen LogP contribution in [0, 0.1) is 0 Å². The van der Waals surface area contributed by atoms with E-state index in [-0.39, 0.29) is 24.5 Å². The van der Waals surface area contributed by atoms with Crippen LogP contribution < -0.4 is 5.32 Å². The zero-order valence-corrected chi connectivity index (χ0v) is 18.9. The number of carbonyl (C=O) groups is 2. The highest BCUT2D eigenvalue weighted by Gasteiger charge is 2.39. The second-order valence-electron chi connectivity index (χ2n) is 8.99. The summed E-state index contributed by atoms with van der Waals surface area (Å²) in [6.45, 7) is 2.86. The zero-order chi connectivity index (χ0) is 22.8. The molecule has 0 unspecified atom stereocenters. The van der Waals surface area contributed by atoms with Gasteiger partial charge in [-0.3, -0.25) is 4.79 Å². The Morgan fingerprint density at radius 1 is 1.03 bits per heavy atom. The van der Waals surface area contributed by atoms with Crippen molar-refractivity contribution in [2.24, 2.45) is 0 Å². The molecular weight excluding hydrogens is 414 g/mol. The van der Waals surface area contributed by atoms with Gasteiger partial charge in [0.2, 0.25) is 0 Å². The maximum Gasteiger partial charge on any atom is 0.336 e. The Morgan fingerprint density at radius 2 is 1.79 bits per heavy atom. The number of hydrogen-bond donors (Lipinski definition) is 1. The number of dihydropyridines is 1. The van der Waals surface area contributed by atoms with E-state index in [1.165, 1.54) is 0 Å². The summed E-state index contributed by atoms with van der Waals surface area (Å²) in [6.07, 6.45) is 4.01. The Kier molecular flexibility index (Phi) is 6.14. The van der Waals surface area contributed by atoms with Crippen LogP contribution in [0.3, 0.4) is 0 Å². The van der Waals surface area contributed by atoms with E-state index in [9.17, 15) is 9.59 Å². The molecular formula is C28H29NO4. The van der Waals surface area contributed by atoms with Crippen LogP contribution in [0.25, 0.3) is 11.1 Å². The Balaban J connectivity index is 1.49. The third kappa shape index (κ3) is 4.38. The van der Waals surface area contributed by atoms with Crippen molar-refractivity contribution in [3.63, 3.8) is 0 Å². The van der Waals surface area contributed by atoms with Gasteiger partial charge >= 0.3 is 5.97 Å². The number of nitrogens with one attached hydrogen (secondary N) is 1. The van der Waals surface area contributed by atoms with E-state index < -0.39 is 5.92 Å². The number of esters is 1. The van der Waals surface area contributed by atoms with Gasteiger partial charge in [-0.15, -0.1) is 0 Å². The Hall–Kier alpha value is -3.18. The predicted octanol–water partition coefficient (Wildman–Crippen LogP) is 5.04. The van der Waals surface area contributed by atoms with Crippen LogP contribution in [0.15, 0.2) is 77.1 Å². The molecule has 2 aliphatic heterocycles. The molecule has 1 saturated heterocycles. The normalized spacial score (nSPS) is 22.8. The van der Waals surface area contributed by atoms with Gasteiger partial charge in [0.15, 0.2) is 5.78 Å². The number of Topliss-reactive ketones (excluding diaryl/α,β-unsaturated/α-hetero) is 1. The molecule has 2 atom stereocenters. The predicted molar refractivity (Wildman–Crippen MR) is 126 cm³/mol. The van der Waals surface area contributed by atoms with Gasteiger partial charge in [0.25, 0.3) is 0 Å². The molecule has 2 aromatic rings. The van der Waals surface area contributed by atoms with Crippen molar-refractivity contribution in [3.8, 4) is 11.1 Å². The van der Waals surface area contributed by atoms with E-state index in [4.69, 9.17) is 9.47 Å². The molecule has 0 amide bonds. The van der Waals surface area contributed by atoms with Crippen molar-refractivity contribution in [2.45, 2.75) is 51.0 Å². The fraction of sp³-hybridized carbons (Fsp3) is 0.357. The summed E-state index contributed by atoms with van der Waals surface area (Å²) < 4.78 is 11.3. The lowest BCUT2D eigenvalue weighted by atomic mass is 9.75. The molecule has 1 aliphatic carbocycles. The molecule has 3 aliphatic rings. The van der Waals surface area contributed by atoms with Crippen molar-refractivity contribution in [1.29, 1.82) is 0 Å². The lowest BCUT2D eigenvalue weighted by Gasteiger charge is -2.34. The minimum absolute atomic E-state index is 0.0406. The largest absolute Gasteiger partial charge is 0.459 e. The number of rotatable bonds is 5. The van der Waals surface area contributed by atoms with Gasteiger partial charge in [-0.25, -0.2) is 4.79 Å². The van der Waals surface area contributed by atoms with Crippen molar-refractivity contribution in [3.05, 3.63) is 82.7 Å². The molecule has 2 aromatic carbocycles. The van der Waals surface area contributed by atoms with Crippen LogP contribution in [0.1, 0.15) is 50.5 Å². The van der Waals surface area contributed by atoms with Gasteiger partial charge in [0, 0.05) is 35.9 Å². The first kappa shape index (κ1) is 21.7. The van der Waals surface area contributed by atoms with E-state index >= 15 is 0 Å². The van der Waals surface area contributed by atoms with Gasteiger partial charge in [-0.05, 0) is 49.3 Å². The van der Waals surface area contributed by atoms with Gasteiger partial charge in [-0.1, -0.05) is 54.6 Å². The van der Waals surface area contributed by atoms with Crippen LogP contribution in [0.2, 0.25) is 0 Å². The molecule has 170 valence electrons. The van der Waals surface area contributed by atoms with E-state index in [0.29, 0.717) is 24.2 Å². The summed E-state index contributed by atoms with van der Waals surface area (Å²) in [6, 6.07) is 18.4. The summed E-state index contributed by atoms with van der Waals surface area (Å²) in [7, 11) is 0. The first-order valence-electron chi connectivity index (χ1n) is 11.8. The van der Waals surface area contributed by atoms with Gasteiger partial charge in [0.05, 0.1) is 11.7 Å². The molecule has 1 fully saturated rings. The second-order valence-corrected chi connectivity index (χ2v) is 8.99. The molecule has 0 bridgehead atoms. The topological polar surface area (TPSA) is 64.6 Å². The van der Waals surface area contributed by atoms with Gasteiger partial charge in [0.1, 0.15) is 6.61 Å². The smallest absolute Gasteiger partial charge is 0.336 e. The van der Waals surface area contributed by atoms with E-state index in [0.717, 1.165) is 53.8 Å². The average Bonchev–Trinajstić information content (AvgIpc) is 3.36. The molecule has 33 heavy (non-hydrogen) atoms. The Labute approximate surface area is 194 Å². The molecule has 5 heteroatoms. The Morgan fingerprint density at radius 3 is 2.52 bits per heavy atom. The summed E-state index contributed by atoms with van der Waals surface area (Å²) in [4.78, 5) is 26.4. The summed E-state index contributed by atoms with van der Waals surface area (Å²) in [5.74, 6) is -0.689. The summed E-state index contributed by atoms with van der Waals surface area (Å²) in [5, 5.41) is 3.35. The lowest BCUT2D eigenvalue weighted by molar-refractivity contribution is -0.142. The molecule has 5 nitrogen and oxygen atoms in total. The average molecular weight is 444 g/mol. The van der Waals surface area contributed by atoms with Crippen molar-refractivity contribution >= 4 is 11.8 Å². The highest BCUT2D eigenvalue weighted by molar-refractivity contribution is 6.03. The van der Waals surface area contributed by atoms with Crippen LogP contribution in [-0.2, 0) is 19.1 Å². The molecule has 0 spiro atoms. The van der Waals surface area contributed by atoms with Crippen molar-refractivity contribution in [2.75, 3.05) is 13.2 Å². The minimum Gasteiger partial charge on any atom is -0.459 e. The fourth-order valence-corrected chi connectivity index (χ4v) is 5.11. The highest BCUT2D eigenvalue weighted by atomic mass is 16.6. The molecule has 0 radical (unpaired) electrons. The number of hydrogen-bond acceptors (Lipinski definition) is 5. The zero-order valence-electron chi connectivity index (χ0n) is 18.9. The molecule has 0 aromatic heterocycles. The number of benzene rings is 2. The highest BCUT2D eigenvalue weighted by Crippen LogP contribution is 2.43. The standard InChI is InChI=1S/C28H29NO4/c1-18-25(28(31)33-17-22-9-6-16-32-22)26(27-23(29-18)10-5-11-24(27)30)21-14-12-20(13-15-21)19-7-3-2-4-8-19/h2-4,7-8,12-15,22,26,29H,5-6,9-11,16-17H2,1H3/t22-,26-/m0/s1. The SMILES string of the molecule is CC1=C(C(=O)OC[C@@H]2CCCO2)[C@H](c2ccc(-c3ccccc3)cc2)C2=C(CCCC2=O)N1. The maximum absolute atomic E-state index is 13.3. The molecule has 2 heterocycles. The first-order valence-corrected chi connectivity index (χ1v) is 11.8. The van der Waals surface area contributed by atoms with Gasteiger partial charge in [-0.2, -0.15) is 0 Å². The molecule has 0 saturated carbocycles. The maximum atomic E-state index is 13.3. The third-order valence-electron chi connectivity index (χ3n) is 6.77. The second kappa shape index (κ2) is 9.36. The summed E-state index contributed by atoms with van der Waals surface area (Å²) >= 11 is 0. The van der Waals surface area contributed by atoms with E-state index in [1.807, 2.05) is 37.3 Å². The van der Waals surface area contributed by atoms with Crippen LogP contribution in [-0.4, -0.2) is 31.1 Å². The van der Waals surface area contributed by atoms with Crippen molar-refractivity contribution < 1.29 is 19.1 Å². The summed E-state index contributed by atoms with van der Waals surface area (Å²) in [5.41, 5.74) is 6.10. The van der Waals surface area contributed by atoms with Crippen molar-refractivity contribution in [1.82, 2.24) is 5.32 Å². The van der Waals surface area contributed by atoms with Crippen LogP contribution in [0.4, 0.5) is 0 Å². The fourth-order valence-electron chi connectivity index (χ4n) is 5.11. The van der Waals surface area contributed by atoms with Crippen LogP contribution in [0.5, 0.6) is 0 Å². The third-order valence-corrected chi connectivity index (χ3v) is 6.77. The molecule has 5 rings (SSSR count). The van der Waals surface area contributed by atoms with Gasteiger partial charge < -0.3 is 14.8 Å². The number of ketones is 1. The Bertz CT molecular complexity index is 1110. The van der Waals surface area contributed by atoms with E-state index in [2.05, 4.69) is 29.6 Å². The minimum atomic E-state index is -0.420. The first-order chi connectivity index (χ1) is 16.1.